The number of fused-ring (bicyclic) bond motifs is 1. The predicted molar refractivity (Wildman–Crippen MR) is 95.3 cm³/mol. The van der Waals surface area contributed by atoms with Crippen molar-refractivity contribution in [1.82, 2.24) is 0 Å². The van der Waals surface area contributed by atoms with Gasteiger partial charge in [0.25, 0.3) is 0 Å². The van der Waals surface area contributed by atoms with E-state index in [9.17, 15) is 14.7 Å². The van der Waals surface area contributed by atoms with Gasteiger partial charge >= 0.3 is 11.9 Å². The first kappa shape index (κ1) is 18.0. The molecule has 1 saturated carbocycles. The molecule has 1 N–H and O–H groups in total. The van der Waals surface area contributed by atoms with Crippen LogP contribution in [0.4, 0.5) is 0 Å². The maximum Gasteiger partial charge on any atom is 0.328 e. The summed E-state index contributed by atoms with van der Waals surface area (Å²) in [7, 11) is 0. The summed E-state index contributed by atoms with van der Waals surface area (Å²) in [6.45, 7) is 6.48. The maximum atomic E-state index is 13.1. The molecule has 4 nitrogen and oxygen atoms in total. The smallest absolute Gasteiger partial charge is 0.328 e. The number of rotatable bonds is 4. The van der Waals surface area contributed by atoms with Crippen molar-refractivity contribution in [3.05, 3.63) is 35.4 Å². The van der Waals surface area contributed by atoms with Gasteiger partial charge in [-0.25, -0.2) is 0 Å². The van der Waals surface area contributed by atoms with Crippen LogP contribution in [0.2, 0.25) is 0 Å². The Labute approximate surface area is 149 Å². The molecule has 0 unspecified atom stereocenters. The van der Waals surface area contributed by atoms with Crippen molar-refractivity contribution in [3.8, 4) is 0 Å². The molecule has 3 rings (SSSR count). The molecule has 0 radical (unpaired) electrons. The molecule has 25 heavy (non-hydrogen) atoms. The molecule has 0 heterocycles. The van der Waals surface area contributed by atoms with Gasteiger partial charge in [0.05, 0.1) is 0 Å². The van der Waals surface area contributed by atoms with Crippen LogP contribution in [-0.4, -0.2) is 23.1 Å². The van der Waals surface area contributed by atoms with Crippen LogP contribution in [0.5, 0.6) is 0 Å². The van der Waals surface area contributed by atoms with Gasteiger partial charge in [-0.3, -0.25) is 9.59 Å². The van der Waals surface area contributed by atoms with Gasteiger partial charge in [-0.05, 0) is 54.6 Å². The second kappa shape index (κ2) is 6.81. The van der Waals surface area contributed by atoms with E-state index in [1.165, 1.54) is 0 Å². The lowest BCUT2D eigenvalue weighted by Gasteiger charge is -2.38. The van der Waals surface area contributed by atoms with E-state index in [4.69, 9.17) is 4.74 Å². The maximum absolute atomic E-state index is 13.1. The largest absolute Gasteiger partial charge is 0.480 e. The number of esters is 1. The lowest BCUT2D eigenvalue weighted by molar-refractivity contribution is -0.170. The van der Waals surface area contributed by atoms with Crippen molar-refractivity contribution in [2.24, 2.45) is 17.8 Å². The van der Waals surface area contributed by atoms with E-state index in [0.717, 1.165) is 24.8 Å². The molecule has 4 atom stereocenters. The molecule has 1 fully saturated rings. The molecule has 0 saturated heterocycles. The molecule has 0 amide bonds. The van der Waals surface area contributed by atoms with Gasteiger partial charge in [0.2, 0.25) is 0 Å². The number of ether oxygens (including phenoxy) is 1. The number of aliphatic carboxylic acids is 1. The van der Waals surface area contributed by atoms with E-state index < -0.39 is 17.4 Å². The Morgan fingerprint density at radius 3 is 2.64 bits per heavy atom. The summed E-state index contributed by atoms with van der Waals surface area (Å²) < 4.78 is 5.92. The Bertz CT molecular complexity index is 666. The summed E-state index contributed by atoms with van der Waals surface area (Å²) in [6.07, 6.45) is 3.71. The summed E-state index contributed by atoms with van der Waals surface area (Å²) in [4.78, 5) is 25.3. The molecule has 1 aromatic rings. The molecule has 0 bridgehead atoms. The van der Waals surface area contributed by atoms with Gasteiger partial charge in [-0.15, -0.1) is 0 Å². The minimum Gasteiger partial charge on any atom is -0.480 e. The average Bonchev–Trinajstić information content (AvgIpc) is 2.95. The van der Waals surface area contributed by atoms with Crippen LogP contribution in [0.1, 0.15) is 57.6 Å². The van der Waals surface area contributed by atoms with Gasteiger partial charge in [0, 0.05) is 0 Å². The highest BCUT2D eigenvalue weighted by molar-refractivity contribution is 6.06. The van der Waals surface area contributed by atoms with Crippen LogP contribution >= 0.6 is 0 Å². The number of hydrogen-bond donors (Lipinski definition) is 1. The van der Waals surface area contributed by atoms with E-state index in [2.05, 4.69) is 20.8 Å². The van der Waals surface area contributed by atoms with E-state index >= 15 is 0 Å². The zero-order valence-electron chi connectivity index (χ0n) is 15.3. The van der Waals surface area contributed by atoms with E-state index in [1.807, 2.05) is 12.1 Å². The molecule has 136 valence electrons. The molecule has 0 spiro atoms. The number of benzene rings is 1. The van der Waals surface area contributed by atoms with Gasteiger partial charge in [0.1, 0.15) is 6.10 Å². The number of carbonyl (C=O) groups is 2. The summed E-state index contributed by atoms with van der Waals surface area (Å²) in [5.41, 5.74) is 0.00968. The second-order valence-corrected chi connectivity index (χ2v) is 8.14. The predicted octanol–water partition coefficient (Wildman–Crippen LogP) is 3.96. The highest BCUT2D eigenvalue weighted by atomic mass is 16.5. The third kappa shape index (κ3) is 3.07. The van der Waals surface area contributed by atoms with Crippen LogP contribution in [-0.2, 0) is 26.2 Å². The Morgan fingerprint density at radius 1 is 1.24 bits per heavy atom. The van der Waals surface area contributed by atoms with Crippen LogP contribution in [0.15, 0.2) is 24.3 Å². The van der Waals surface area contributed by atoms with Crippen LogP contribution in [0.3, 0.4) is 0 Å². The Hall–Kier alpha value is -1.84. The van der Waals surface area contributed by atoms with Gasteiger partial charge in [-0.2, -0.15) is 0 Å². The van der Waals surface area contributed by atoms with E-state index in [-0.39, 0.29) is 12.5 Å². The first-order valence-corrected chi connectivity index (χ1v) is 9.39. The lowest BCUT2D eigenvalue weighted by atomic mass is 9.75. The quantitative estimate of drug-likeness (QED) is 0.663. The molecule has 0 aliphatic heterocycles. The van der Waals surface area contributed by atoms with Gasteiger partial charge < -0.3 is 9.84 Å². The molecular formula is C21H28O4. The van der Waals surface area contributed by atoms with Crippen molar-refractivity contribution in [3.63, 3.8) is 0 Å². The monoisotopic (exact) mass is 344 g/mol. The Kier molecular flexibility index (Phi) is 4.90. The molecular weight excluding hydrogens is 316 g/mol. The van der Waals surface area contributed by atoms with Crippen molar-refractivity contribution in [2.45, 2.75) is 64.4 Å². The fourth-order valence-electron chi connectivity index (χ4n) is 4.62. The molecule has 1 aromatic carbocycles. The summed E-state index contributed by atoms with van der Waals surface area (Å²) in [5.74, 6) is -0.434. The van der Waals surface area contributed by atoms with Crippen molar-refractivity contribution in [2.75, 3.05) is 0 Å². The summed E-state index contributed by atoms with van der Waals surface area (Å²) in [6, 6.07) is 7.36. The summed E-state index contributed by atoms with van der Waals surface area (Å²) >= 11 is 0. The zero-order valence-corrected chi connectivity index (χ0v) is 15.3. The molecule has 0 aromatic heterocycles. The van der Waals surface area contributed by atoms with Crippen molar-refractivity contribution in [1.29, 1.82) is 0 Å². The number of carboxylic acid groups (broad SMARTS) is 1. The van der Waals surface area contributed by atoms with Crippen LogP contribution in [0.25, 0.3) is 0 Å². The standard InChI is InChI=1S/C21H28O4/c1-13(2)16-9-8-14(3)12-18(16)25-20(24)21(19(22)23)11-10-15-6-4-5-7-17(15)21/h4-7,13-14,16,18H,8-12H2,1-3H3,(H,22,23)/t14-,16+,18-,21-/m1/s1. The normalized spacial score (nSPS) is 31.6. The molecule has 2 aliphatic carbocycles. The fraction of sp³-hybridized carbons (Fsp3) is 0.619. The van der Waals surface area contributed by atoms with Gasteiger partial charge in [-0.1, -0.05) is 51.5 Å². The number of carboxylic acids is 1. The third-order valence-electron chi connectivity index (χ3n) is 6.18. The number of carbonyl (C=O) groups excluding carboxylic acids is 1. The number of aryl methyl sites for hydroxylation is 1. The highest BCUT2D eigenvalue weighted by Gasteiger charge is 2.54. The van der Waals surface area contributed by atoms with E-state index in [0.29, 0.717) is 29.7 Å². The lowest BCUT2D eigenvalue weighted by Crippen LogP contribution is -2.47. The average molecular weight is 344 g/mol. The minimum absolute atomic E-state index is 0.180. The first-order chi connectivity index (χ1) is 11.9. The Balaban J connectivity index is 1.89. The SMILES string of the molecule is CC(C)[C@@H]1CC[C@@H](C)C[C@H]1OC(=O)[C@]1(C(=O)O)CCc2ccccc21. The first-order valence-electron chi connectivity index (χ1n) is 9.39. The zero-order chi connectivity index (χ0) is 18.2. The van der Waals surface area contributed by atoms with Crippen LogP contribution < -0.4 is 0 Å². The minimum atomic E-state index is -1.54. The fourth-order valence-corrected chi connectivity index (χ4v) is 4.62. The highest BCUT2D eigenvalue weighted by Crippen LogP contribution is 2.42. The topological polar surface area (TPSA) is 63.6 Å². The van der Waals surface area contributed by atoms with Crippen molar-refractivity contribution >= 4 is 11.9 Å². The van der Waals surface area contributed by atoms with Crippen molar-refractivity contribution < 1.29 is 19.4 Å². The number of hydrogen-bond acceptors (Lipinski definition) is 3. The Morgan fingerprint density at radius 2 is 1.96 bits per heavy atom. The molecule has 4 heteroatoms. The van der Waals surface area contributed by atoms with Crippen LogP contribution in [0, 0.1) is 17.8 Å². The summed E-state index contributed by atoms with van der Waals surface area (Å²) in [5, 5.41) is 9.94. The van der Waals surface area contributed by atoms with E-state index in [1.54, 1.807) is 12.1 Å². The third-order valence-corrected chi connectivity index (χ3v) is 6.18. The van der Waals surface area contributed by atoms with Gasteiger partial charge in [0.15, 0.2) is 5.41 Å². The molecule has 2 aliphatic rings. The second-order valence-electron chi connectivity index (χ2n) is 8.14.